The Balaban J connectivity index is 2.30. The van der Waals surface area contributed by atoms with Gasteiger partial charge in [-0.1, -0.05) is 0 Å². The molecule has 6 heteroatoms. The molecule has 0 saturated carbocycles. The fourth-order valence-electron chi connectivity index (χ4n) is 2.19. The lowest BCUT2D eigenvalue weighted by Gasteiger charge is -2.27. The highest BCUT2D eigenvalue weighted by Crippen LogP contribution is 2.31. The summed E-state index contributed by atoms with van der Waals surface area (Å²) in [7, 11) is 0. The zero-order valence-electron chi connectivity index (χ0n) is 10.3. The van der Waals surface area contributed by atoms with Crippen molar-refractivity contribution >= 4 is 11.6 Å². The summed E-state index contributed by atoms with van der Waals surface area (Å²) < 4.78 is 37.9. The molecule has 104 valence electrons. The predicted octanol–water partition coefficient (Wildman–Crippen LogP) is 2.91. The van der Waals surface area contributed by atoms with Crippen molar-refractivity contribution < 1.29 is 18.0 Å². The SMILES string of the molecule is Nc1ccc(C(F)(F)F)cc1C(=O)N1CCCCC1. The summed E-state index contributed by atoms with van der Waals surface area (Å²) >= 11 is 0. The number of nitrogens with zero attached hydrogens (tertiary/aromatic N) is 1. The predicted molar refractivity (Wildman–Crippen MR) is 65.6 cm³/mol. The van der Waals surface area contributed by atoms with Gasteiger partial charge < -0.3 is 10.6 Å². The maximum absolute atomic E-state index is 12.6. The van der Waals surface area contributed by atoms with Crippen LogP contribution in [0.2, 0.25) is 0 Å². The van der Waals surface area contributed by atoms with E-state index in [9.17, 15) is 18.0 Å². The van der Waals surface area contributed by atoms with Crippen LogP contribution in [0.1, 0.15) is 35.2 Å². The topological polar surface area (TPSA) is 46.3 Å². The van der Waals surface area contributed by atoms with Crippen LogP contribution in [0.25, 0.3) is 0 Å². The molecule has 1 aromatic rings. The highest BCUT2D eigenvalue weighted by atomic mass is 19.4. The number of hydrogen-bond acceptors (Lipinski definition) is 2. The number of carbonyl (C=O) groups is 1. The second-order valence-corrected chi connectivity index (χ2v) is 4.65. The summed E-state index contributed by atoms with van der Waals surface area (Å²) in [6, 6.07) is 2.87. The minimum Gasteiger partial charge on any atom is -0.398 e. The van der Waals surface area contributed by atoms with E-state index in [1.807, 2.05) is 0 Å². The van der Waals surface area contributed by atoms with Gasteiger partial charge in [0.15, 0.2) is 0 Å². The quantitative estimate of drug-likeness (QED) is 0.799. The van der Waals surface area contributed by atoms with Gasteiger partial charge in [0.05, 0.1) is 11.1 Å². The molecule has 2 N–H and O–H groups in total. The third-order valence-electron chi connectivity index (χ3n) is 3.25. The van der Waals surface area contributed by atoms with Crippen molar-refractivity contribution in [3.63, 3.8) is 0 Å². The molecule has 1 aliphatic rings. The fraction of sp³-hybridized carbons (Fsp3) is 0.462. The molecule has 1 fully saturated rings. The Hall–Kier alpha value is -1.72. The molecule has 1 amide bonds. The van der Waals surface area contributed by atoms with Crippen molar-refractivity contribution in [2.45, 2.75) is 25.4 Å². The molecule has 1 aliphatic heterocycles. The van der Waals surface area contributed by atoms with Gasteiger partial charge in [-0.05, 0) is 37.5 Å². The van der Waals surface area contributed by atoms with Crippen LogP contribution in [-0.2, 0) is 6.18 Å². The molecule has 2 rings (SSSR count). The van der Waals surface area contributed by atoms with Crippen LogP contribution < -0.4 is 5.73 Å². The summed E-state index contributed by atoms with van der Waals surface area (Å²) in [6.45, 7) is 1.16. The first-order valence-corrected chi connectivity index (χ1v) is 6.15. The van der Waals surface area contributed by atoms with Crippen molar-refractivity contribution in [1.29, 1.82) is 0 Å². The number of anilines is 1. The second kappa shape index (κ2) is 5.11. The second-order valence-electron chi connectivity index (χ2n) is 4.65. The smallest absolute Gasteiger partial charge is 0.398 e. The van der Waals surface area contributed by atoms with Crippen LogP contribution in [0.5, 0.6) is 0 Å². The number of carbonyl (C=O) groups excluding carboxylic acids is 1. The van der Waals surface area contributed by atoms with Gasteiger partial charge in [-0.25, -0.2) is 0 Å². The number of amides is 1. The van der Waals surface area contributed by atoms with Gasteiger partial charge in [0.1, 0.15) is 0 Å². The third-order valence-corrected chi connectivity index (χ3v) is 3.25. The van der Waals surface area contributed by atoms with E-state index in [0.29, 0.717) is 13.1 Å². The fourth-order valence-corrected chi connectivity index (χ4v) is 2.19. The number of likely N-dealkylation sites (tertiary alicyclic amines) is 1. The minimum atomic E-state index is -4.47. The van der Waals surface area contributed by atoms with Crippen LogP contribution in [0, 0.1) is 0 Å². The summed E-state index contributed by atoms with van der Waals surface area (Å²) in [6.07, 6.45) is -1.66. The molecule has 0 spiro atoms. The number of nitrogen functional groups attached to an aromatic ring is 1. The number of hydrogen-bond donors (Lipinski definition) is 1. The number of piperidine rings is 1. The molecule has 0 bridgehead atoms. The Morgan fingerprint density at radius 1 is 1.16 bits per heavy atom. The van der Waals surface area contributed by atoms with Crippen LogP contribution in [0.3, 0.4) is 0 Å². The maximum atomic E-state index is 12.6. The molecular weight excluding hydrogens is 257 g/mol. The van der Waals surface area contributed by atoms with Crippen LogP contribution in [0.15, 0.2) is 18.2 Å². The van der Waals surface area contributed by atoms with E-state index in [1.54, 1.807) is 4.90 Å². The molecule has 0 atom stereocenters. The summed E-state index contributed by atoms with van der Waals surface area (Å²) in [5, 5.41) is 0. The van der Waals surface area contributed by atoms with Gasteiger partial charge in [-0.2, -0.15) is 13.2 Å². The standard InChI is InChI=1S/C13H15F3N2O/c14-13(15,16)9-4-5-11(17)10(8-9)12(19)18-6-2-1-3-7-18/h4-5,8H,1-3,6-7,17H2. The Morgan fingerprint density at radius 3 is 2.37 bits per heavy atom. The van der Waals surface area contributed by atoms with Crippen molar-refractivity contribution in [2.24, 2.45) is 0 Å². The highest BCUT2D eigenvalue weighted by Gasteiger charge is 2.32. The van der Waals surface area contributed by atoms with E-state index < -0.39 is 17.6 Å². The van der Waals surface area contributed by atoms with Gasteiger partial charge in [-0.3, -0.25) is 4.79 Å². The van der Waals surface area contributed by atoms with Crippen LogP contribution in [-0.4, -0.2) is 23.9 Å². The summed E-state index contributed by atoms with van der Waals surface area (Å²) in [4.78, 5) is 13.7. The minimum absolute atomic E-state index is 0.0586. The number of benzene rings is 1. The van der Waals surface area contributed by atoms with E-state index in [2.05, 4.69) is 0 Å². The normalized spacial score (nSPS) is 16.5. The third kappa shape index (κ3) is 3.00. The number of rotatable bonds is 1. The molecule has 0 aromatic heterocycles. The molecule has 1 saturated heterocycles. The number of nitrogens with two attached hydrogens (primary N) is 1. The number of halogens is 3. The molecule has 1 heterocycles. The Bertz CT molecular complexity index is 479. The monoisotopic (exact) mass is 272 g/mol. The van der Waals surface area contributed by atoms with Crippen molar-refractivity contribution in [1.82, 2.24) is 4.90 Å². The largest absolute Gasteiger partial charge is 0.416 e. The van der Waals surface area contributed by atoms with E-state index in [4.69, 9.17) is 5.73 Å². The van der Waals surface area contributed by atoms with E-state index >= 15 is 0 Å². The zero-order chi connectivity index (χ0) is 14.0. The average Bonchev–Trinajstić information content (AvgIpc) is 2.38. The van der Waals surface area contributed by atoms with E-state index in [1.165, 1.54) is 0 Å². The lowest BCUT2D eigenvalue weighted by molar-refractivity contribution is -0.137. The first-order valence-electron chi connectivity index (χ1n) is 6.15. The van der Waals surface area contributed by atoms with E-state index in [0.717, 1.165) is 37.5 Å². The van der Waals surface area contributed by atoms with Gasteiger partial charge >= 0.3 is 6.18 Å². The maximum Gasteiger partial charge on any atom is 0.416 e. The molecule has 3 nitrogen and oxygen atoms in total. The van der Waals surface area contributed by atoms with Gasteiger partial charge in [0, 0.05) is 18.8 Å². The average molecular weight is 272 g/mol. The number of alkyl halides is 3. The van der Waals surface area contributed by atoms with Crippen LogP contribution >= 0.6 is 0 Å². The van der Waals surface area contributed by atoms with Gasteiger partial charge in [-0.15, -0.1) is 0 Å². The summed E-state index contributed by atoms with van der Waals surface area (Å²) in [5.41, 5.74) is 4.81. The van der Waals surface area contributed by atoms with Crippen molar-refractivity contribution in [3.05, 3.63) is 29.3 Å². The van der Waals surface area contributed by atoms with Crippen molar-refractivity contribution in [3.8, 4) is 0 Å². The molecule has 0 aliphatic carbocycles. The first kappa shape index (κ1) is 13.7. The lowest BCUT2D eigenvalue weighted by Crippen LogP contribution is -2.36. The Labute approximate surface area is 109 Å². The molecular formula is C13H15F3N2O. The Morgan fingerprint density at radius 2 is 1.79 bits per heavy atom. The highest BCUT2D eigenvalue weighted by molar-refractivity contribution is 5.99. The molecule has 0 unspecified atom stereocenters. The zero-order valence-corrected chi connectivity index (χ0v) is 10.3. The Kier molecular flexibility index (Phi) is 3.68. The van der Waals surface area contributed by atoms with Gasteiger partial charge in [0.25, 0.3) is 5.91 Å². The molecule has 1 aromatic carbocycles. The summed E-state index contributed by atoms with van der Waals surface area (Å²) in [5.74, 6) is -0.414. The van der Waals surface area contributed by atoms with Crippen LogP contribution in [0.4, 0.5) is 18.9 Å². The molecule has 0 radical (unpaired) electrons. The van der Waals surface area contributed by atoms with E-state index in [-0.39, 0.29) is 11.3 Å². The first-order chi connectivity index (χ1) is 8.89. The lowest BCUT2D eigenvalue weighted by atomic mass is 10.0. The van der Waals surface area contributed by atoms with Crippen molar-refractivity contribution in [2.75, 3.05) is 18.8 Å². The molecule has 19 heavy (non-hydrogen) atoms. The van der Waals surface area contributed by atoms with Gasteiger partial charge in [0.2, 0.25) is 0 Å².